The van der Waals surface area contributed by atoms with Gasteiger partial charge in [0.2, 0.25) is 0 Å². The Morgan fingerprint density at radius 1 is 0.955 bits per heavy atom. The molecule has 0 unspecified atom stereocenters. The minimum Gasteiger partial charge on any atom is -0.399 e. The van der Waals surface area contributed by atoms with E-state index in [0.717, 1.165) is 5.54 Å². The molecule has 1 aromatic rings. The van der Waals surface area contributed by atoms with E-state index in [2.05, 4.69) is 35.2 Å². The van der Waals surface area contributed by atoms with Crippen molar-refractivity contribution in [3.05, 3.63) is 30.3 Å². The standard InChI is InChI=1S/C19H31NOSi/c21-17-22(18-9-3-1-4-10-18,19-11-5-2-6-12-19)16-15-20-13-7-8-14-20/h1,3-4,9-10,19,21H,2,5-8,11-17H2/t22-/m0/s1. The maximum Gasteiger partial charge on any atom is 0.119 e. The number of aliphatic hydroxyl groups is 1. The highest BCUT2D eigenvalue weighted by Crippen LogP contribution is 2.39. The van der Waals surface area contributed by atoms with Gasteiger partial charge in [0.15, 0.2) is 0 Å². The number of rotatable bonds is 6. The zero-order valence-corrected chi connectivity index (χ0v) is 14.8. The maximum atomic E-state index is 10.5. The second-order valence-corrected chi connectivity index (χ2v) is 11.8. The molecule has 1 aromatic carbocycles. The van der Waals surface area contributed by atoms with E-state index in [9.17, 15) is 5.11 Å². The second-order valence-electron chi connectivity index (χ2n) is 7.31. The van der Waals surface area contributed by atoms with E-state index in [4.69, 9.17) is 0 Å². The van der Waals surface area contributed by atoms with Gasteiger partial charge in [-0.25, -0.2) is 0 Å². The summed E-state index contributed by atoms with van der Waals surface area (Å²) in [5, 5.41) is 12.0. The van der Waals surface area contributed by atoms with E-state index in [1.54, 1.807) is 0 Å². The molecule has 1 atom stereocenters. The summed E-state index contributed by atoms with van der Waals surface area (Å²) in [7, 11) is -1.80. The molecule has 2 aliphatic rings. The number of nitrogens with zero attached hydrogens (tertiary/aromatic N) is 1. The first-order valence-electron chi connectivity index (χ1n) is 9.24. The Bertz CT molecular complexity index is 440. The van der Waals surface area contributed by atoms with Crippen LogP contribution < -0.4 is 5.19 Å². The van der Waals surface area contributed by atoms with Crippen LogP contribution in [0.4, 0.5) is 0 Å². The van der Waals surface area contributed by atoms with E-state index < -0.39 is 8.07 Å². The predicted molar refractivity (Wildman–Crippen MR) is 96.2 cm³/mol. The quantitative estimate of drug-likeness (QED) is 0.814. The van der Waals surface area contributed by atoms with Crippen molar-refractivity contribution in [2.45, 2.75) is 56.5 Å². The molecule has 1 heterocycles. The summed E-state index contributed by atoms with van der Waals surface area (Å²) in [4.78, 5) is 2.63. The Hall–Kier alpha value is -0.643. The van der Waals surface area contributed by atoms with Gasteiger partial charge >= 0.3 is 0 Å². The van der Waals surface area contributed by atoms with Crippen LogP contribution in [0.1, 0.15) is 44.9 Å². The van der Waals surface area contributed by atoms with Crippen molar-refractivity contribution in [2.24, 2.45) is 0 Å². The van der Waals surface area contributed by atoms with Gasteiger partial charge in [0, 0.05) is 6.23 Å². The van der Waals surface area contributed by atoms with E-state index in [0.29, 0.717) is 6.23 Å². The molecule has 22 heavy (non-hydrogen) atoms. The van der Waals surface area contributed by atoms with Crippen LogP contribution in [0.25, 0.3) is 0 Å². The lowest BCUT2D eigenvalue weighted by Gasteiger charge is -2.41. The third-order valence-corrected chi connectivity index (χ3v) is 11.4. The van der Waals surface area contributed by atoms with Gasteiger partial charge in [0.1, 0.15) is 8.07 Å². The van der Waals surface area contributed by atoms with E-state index in [1.165, 1.54) is 75.8 Å². The van der Waals surface area contributed by atoms with Crippen molar-refractivity contribution in [3.8, 4) is 0 Å². The molecule has 0 aromatic heterocycles. The molecule has 1 N–H and O–H groups in total. The zero-order chi connectivity index (χ0) is 15.3. The molecule has 3 rings (SSSR count). The topological polar surface area (TPSA) is 23.5 Å². The van der Waals surface area contributed by atoms with E-state index in [-0.39, 0.29) is 0 Å². The van der Waals surface area contributed by atoms with Crippen molar-refractivity contribution in [2.75, 3.05) is 25.9 Å². The lowest BCUT2D eigenvalue weighted by atomic mass is 10.0. The summed E-state index contributed by atoms with van der Waals surface area (Å²) >= 11 is 0. The molecule has 2 nitrogen and oxygen atoms in total. The Morgan fingerprint density at radius 3 is 2.27 bits per heavy atom. The summed E-state index contributed by atoms with van der Waals surface area (Å²) in [6.45, 7) is 3.75. The molecule has 0 spiro atoms. The van der Waals surface area contributed by atoms with Crippen LogP contribution in [0.15, 0.2) is 30.3 Å². The molecule has 0 amide bonds. The van der Waals surface area contributed by atoms with Crippen LogP contribution in [0, 0.1) is 0 Å². The van der Waals surface area contributed by atoms with Crippen LogP contribution in [0.2, 0.25) is 11.6 Å². The van der Waals surface area contributed by atoms with Gasteiger partial charge in [-0.05, 0) is 44.1 Å². The number of hydrogen-bond acceptors (Lipinski definition) is 2. The van der Waals surface area contributed by atoms with Crippen molar-refractivity contribution in [1.82, 2.24) is 4.90 Å². The van der Waals surface area contributed by atoms with Crippen LogP contribution >= 0.6 is 0 Å². The molecule has 1 aliphatic heterocycles. The first-order valence-corrected chi connectivity index (χ1v) is 11.7. The van der Waals surface area contributed by atoms with Crippen LogP contribution in [0.5, 0.6) is 0 Å². The third kappa shape index (κ3) is 3.47. The summed E-state index contributed by atoms with van der Waals surface area (Å²) in [6, 6.07) is 12.3. The van der Waals surface area contributed by atoms with Gasteiger partial charge in [0.25, 0.3) is 0 Å². The molecule has 1 saturated carbocycles. The third-order valence-electron chi connectivity index (χ3n) is 6.09. The van der Waals surface area contributed by atoms with Crippen molar-refractivity contribution < 1.29 is 5.11 Å². The van der Waals surface area contributed by atoms with Gasteiger partial charge in [-0.2, -0.15) is 0 Å². The number of hydrogen-bond donors (Lipinski definition) is 1. The fourth-order valence-electron chi connectivity index (χ4n) is 4.67. The fourth-order valence-corrected chi connectivity index (χ4v) is 9.52. The predicted octanol–water partition coefficient (Wildman–Crippen LogP) is 3.30. The second kappa shape index (κ2) is 7.76. The Morgan fingerprint density at radius 2 is 1.64 bits per heavy atom. The number of likely N-dealkylation sites (tertiary alicyclic amines) is 1. The first kappa shape index (κ1) is 16.2. The van der Waals surface area contributed by atoms with Gasteiger partial charge in [-0.1, -0.05) is 67.6 Å². The van der Waals surface area contributed by atoms with Crippen molar-refractivity contribution >= 4 is 13.3 Å². The van der Waals surface area contributed by atoms with Crippen LogP contribution in [0.3, 0.4) is 0 Å². The summed E-state index contributed by atoms with van der Waals surface area (Å²) in [6.07, 6.45) is 10.0. The zero-order valence-electron chi connectivity index (χ0n) is 13.8. The van der Waals surface area contributed by atoms with Gasteiger partial charge in [0.05, 0.1) is 0 Å². The summed E-state index contributed by atoms with van der Waals surface area (Å²) in [5.41, 5.74) is 0.788. The van der Waals surface area contributed by atoms with Crippen molar-refractivity contribution in [3.63, 3.8) is 0 Å². The van der Waals surface area contributed by atoms with E-state index in [1.807, 2.05) is 0 Å². The average molecular weight is 318 g/mol. The Balaban J connectivity index is 1.81. The first-order chi connectivity index (χ1) is 10.8. The van der Waals surface area contributed by atoms with Crippen molar-refractivity contribution in [1.29, 1.82) is 0 Å². The lowest BCUT2D eigenvalue weighted by Crippen LogP contribution is -2.57. The molecule has 1 aliphatic carbocycles. The summed E-state index contributed by atoms with van der Waals surface area (Å²) < 4.78 is 0. The average Bonchev–Trinajstić information content (AvgIpc) is 3.11. The molecule has 1 saturated heterocycles. The number of benzene rings is 1. The van der Waals surface area contributed by atoms with Crippen LogP contribution in [-0.2, 0) is 0 Å². The van der Waals surface area contributed by atoms with Gasteiger partial charge < -0.3 is 10.0 Å². The van der Waals surface area contributed by atoms with Gasteiger partial charge in [-0.3, -0.25) is 0 Å². The largest absolute Gasteiger partial charge is 0.399 e. The lowest BCUT2D eigenvalue weighted by molar-refractivity contribution is 0.334. The Kier molecular flexibility index (Phi) is 5.72. The highest BCUT2D eigenvalue weighted by molar-refractivity contribution is 6.93. The molecule has 3 heteroatoms. The normalized spacial score (nSPS) is 23.5. The molecular formula is C19H31NOSi. The van der Waals surface area contributed by atoms with Gasteiger partial charge in [-0.15, -0.1) is 0 Å². The number of aliphatic hydroxyl groups excluding tert-OH is 1. The summed E-state index contributed by atoms with van der Waals surface area (Å²) in [5.74, 6) is 0. The molecular weight excluding hydrogens is 286 g/mol. The molecule has 0 bridgehead atoms. The molecule has 0 radical (unpaired) electrons. The Labute approximate surface area is 136 Å². The highest BCUT2D eigenvalue weighted by Gasteiger charge is 2.42. The fraction of sp³-hybridized carbons (Fsp3) is 0.684. The minimum absolute atomic E-state index is 0.440. The maximum absolute atomic E-state index is 10.5. The van der Waals surface area contributed by atoms with Crippen LogP contribution in [-0.4, -0.2) is 43.9 Å². The molecule has 2 fully saturated rings. The monoisotopic (exact) mass is 317 g/mol. The highest BCUT2D eigenvalue weighted by atomic mass is 28.3. The smallest absolute Gasteiger partial charge is 0.119 e. The molecule has 122 valence electrons. The minimum atomic E-state index is -1.80. The SMILES string of the molecule is OC[Si@@](CCN1CCCC1)(c1ccccc1)C1CCCCC1. The van der Waals surface area contributed by atoms with E-state index >= 15 is 0 Å².